The minimum Gasteiger partial charge on any atom is -0.333 e. The molecular weight excluding hydrogens is 408 g/mol. The second kappa shape index (κ2) is 10.5. The second-order valence-corrected chi connectivity index (χ2v) is 6.57. The van der Waals surface area contributed by atoms with Gasteiger partial charge in [0, 0.05) is 25.2 Å². The minimum atomic E-state index is -0.476. The van der Waals surface area contributed by atoms with Gasteiger partial charge in [-0.1, -0.05) is 41.6 Å². The Bertz CT molecular complexity index is 1010. The summed E-state index contributed by atoms with van der Waals surface area (Å²) >= 11 is 0. The van der Waals surface area contributed by atoms with Crippen molar-refractivity contribution < 1.29 is 9.72 Å². The number of aromatic nitrogens is 3. The van der Waals surface area contributed by atoms with Crippen molar-refractivity contribution in [1.29, 1.82) is 0 Å². The van der Waals surface area contributed by atoms with Gasteiger partial charge >= 0.3 is 0 Å². The van der Waals surface area contributed by atoms with E-state index in [-0.39, 0.29) is 29.7 Å². The average molecular weight is 431 g/mol. The fraction of sp³-hybridized carbons (Fsp3) is 0.250. The van der Waals surface area contributed by atoms with Crippen LogP contribution in [0.2, 0.25) is 0 Å². The number of halogens is 1. The number of nitrogens with zero attached hydrogens (tertiary/aromatic N) is 5. The third-order valence-corrected chi connectivity index (χ3v) is 4.52. The first-order valence-electron chi connectivity index (χ1n) is 9.21. The summed E-state index contributed by atoms with van der Waals surface area (Å²) in [5, 5.41) is 19.1. The molecule has 1 amide bonds. The number of nitro benzene ring substituents is 1. The summed E-state index contributed by atoms with van der Waals surface area (Å²) in [6, 6.07) is 15.7. The first kappa shape index (κ1) is 23.0. The lowest BCUT2D eigenvalue weighted by atomic mass is 10.2. The van der Waals surface area contributed by atoms with Crippen molar-refractivity contribution in [3.63, 3.8) is 0 Å². The van der Waals surface area contributed by atoms with Crippen LogP contribution in [-0.2, 0) is 6.54 Å². The van der Waals surface area contributed by atoms with Gasteiger partial charge in [-0.15, -0.1) is 17.5 Å². The molecule has 0 aliphatic carbocycles. The van der Waals surface area contributed by atoms with Crippen molar-refractivity contribution in [3.8, 4) is 5.69 Å². The highest BCUT2D eigenvalue weighted by atomic mass is 35.5. The number of nitrogens with two attached hydrogens (primary N) is 1. The molecule has 3 rings (SSSR count). The van der Waals surface area contributed by atoms with Crippen LogP contribution in [0.25, 0.3) is 5.69 Å². The Morgan fingerprint density at radius 2 is 1.93 bits per heavy atom. The molecule has 9 nitrogen and oxygen atoms in total. The van der Waals surface area contributed by atoms with Crippen LogP contribution in [0.15, 0.2) is 54.6 Å². The van der Waals surface area contributed by atoms with Gasteiger partial charge in [-0.2, -0.15) is 0 Å². The van der Waals surface area contributed by atoms with E-state index in [1.165, 1.54) is 16.8 Å². The van der Waals surface area contributed by atoms with Crippen LogP contribution in [0.5, 0.6) is 0 Å². The summed E-state index contributed by atoms with van der Waals surface area (Å²) in [7, 11) is 0. The Labute approximate surface area is 180 Å². The predicted octanol–water partition coefficient (Wildman–Crippen LogP) is 2.90. The molecule has 0 aliphatic heterocycles. The van der Waals surface area contributed by atoms with Gasteiger partial charge in [0.05, 0.1) is 16.3 Å². The molecule has 0 saturated heterocycles. The lowest BCUT2D eigenvalue weighted by molar-refractivity contribution is -0.384. The molecule has 1 heterocycles. The SMILES string of the molecule is Cc1c(C(=O)N(CCCN)Cc2ccccc2)nnn1-c1cccc([N+](=O)[O-])c1.Cl. The molecule has 0 saturated carbocycles. The Morgan fingerprint density at radius 3 is 2.60 bits per heavy atom. The van der Waals surface area contributed by atoms with Crippen LogP contribution in [-0.4, -0.2) is 43.8 Å². The molecule has 1 aromatic heterocycles. The minimum absolute atomic E-state index is 0. The summed E-state index contributed by atoms with van der Waals surface area (Å²) in [6.45, 7) is 3.11. The van der Waals surface area contributed by atoms with E-state index in [0.717, 1.165) is 5.56 Å². The van der Waals surface area contributed by atoms with Crippen LogP contribution >= 0.6 is 12.4 Å². The summed E-state index contributed by atoms with van der Waals surface area (Å²) in [6.07, 6.45) is 0.663. The molecule has 30 heavy (non-hydrogen) atoms. The molecular formula is C20H23ClN6O3. The fourth-order valence-corrected chi connectivity index (χ4v) is 3.00. The van der Waals surface area contributed by atoms with Crippen LogP contribution in [0.3, 0.4) is 0 Å². The van der Waals surface area contributed by atoms with Crippen molar-refractivity contribution in [2.45, 2.75) is 19.9 Å². The third kappa shape index (κ3) is 5.19. The Balaban J connectivity index is 0.00000320. The Hall–Kier alpha value is -3.30. The molecule has 0 atom stereocenters. The molecule has 3 aromatic rings. The summed E-state index contributed by atoms with van der Waals surface area (Å²) in [4.78, 5) is 25.4. The Kier molecular flexibility index (Phi) is 8.02. The molecule has 0 fully saturated rings. The maximum Gasteiger partial charge on any atom is 0.276 e. The van der Waals surface area contributed by atoms with E-state index in [1.54, 1.807) is 24.0 Å². The van der Waals surface area contributed by atoms with E-state index < -0.39 is 4.92 Å². The van der Waals surface area contributed by atoms with Crippen LogP contribution in [0.1, 0.15) is 28.2 Å². The van der Waals surface area contributed by atoms with Gasteiger partial charge in [-0.25, -0.2) is 4.68 Å². The number of non-ortho nitro benzene ring substituents is 1. The van der Waals surface area contributed by atoms with Gasteiger partial charge < -0.3 is 10.6 Å². The number of carbonyl (C=O) groups excluding carboxylic acids is 1. The van der Waals surface area contributed by atoms with Crippen molar-refractivity contribution in [2.75, 3.05) is 13.1 Å². The standard InChI is InChI=1S/C20H22N6O3.ClH/c1-15-19(22-23-25(15)17-9-5-10-18(13-17)26(28)29)20(27)24(12-6-11-21)14-16-7-3-2-4-8-16;/h2-5,7-10,13H,6,11-12,14,21H2,1H3;1H. The van der Waals surface area contributed by atoms with E-state index in [1.807, 2.05) is 30.3 Å². The Morgan fingerprint density at radius 1 is 1.20 bits per heavy atom. The van der Waals surface area contributed by atoms with Crippen LogP contribution in [0.4, 0.5) is 5.69 Å². The maximum absolute atomic E-state index is 13.2. The number of nitro groups is 1. The highest BCUT2D eigenvalue weighted by Crippen LogP contribution is 2.19. The molecule has 0 aliphatic rings. The van der Waals surface area contributed by atoms with Gasteiger partial charge in [0.1, 0.15) is 0 Å². The van der Waals surface area contributed by atoms with Crippen LogP contribution < -0.4 is 5.73 Å². The van der Waals surface area contributed by atoms with E-state index in [0.29, 0.717) is 37.4 Å². The van der Waals surface area contributed by atoms with E-state index >= 15 is 0 Å². The fourth-order valence-electron chi connectivity index (χ4n) is 3.00. The van der Waals surface area contributed by atoms with Gasteiger partial charge in [-0.3, -0.25) is 14.9 Å². The van der Waals surface area contributed by atoms with Crippen LogP contribution in [0, 0.1) is 17.0 Å². The number of carbonyl (C=O) groups is 1. The number of hydrogen-bond acceptors (Lipinski definition) is 6. The molecule has 0 bridgehead atoms. The number of rotatable bonds is 8. The van der Waals surface area contributed by atoms with E-state index in [4.69, 9.17) is 5.73 Å². The lowest BCUT2D eigenvalue weighted by Crippen LogP contribution is -2.33. The maximum atomic E-state index is 13.2. The predicted molar refractivity (Wildman–Crippen MR) is 115 cm³/mol. The summed E-state index contributed by atoms with van der Waals surface area (Å²) in [5.74, 6) is -0.253. The molecule has 158 valence electrons. The first-order chi connectivity index (χ1) is 14.0. The number of benzene rings is 2. The zero-order chi connectivity index (χ0) is 20.8. The quantitative estimate of drug-likeness (QED) is 0.433. The largest absolute Gasteiger partial charge is 0.333 e. The summed E-state index contributed by atoms with van der Waals surface area (Å²) < 4.78 is 1.43. The lowest BCUT2D eigenvalue weighted by Gasteiger charge is -2.22. The van der Waals surface area contributed by atoms with Crippen molar-refractivity contribution >= 4 is 24.0 Å². The topological polar surface area (TPSA) is 120 Å². The van der Waals surface area contributed by atoms with Gasteiger partial charge in [0.15, 0.2) is 5.69 Å². The molecule has 10 heteroatoms. The highest BCUT2D eigenvalue weighted by Gasteiger charge is 2.23. The molecule has 2 aromatic carbocycles. The average Bonchev–Trinajstić information content (AvgIpc) is 3.12. The molecule has 2 N–H and O–H groups in total. The molecule has 0 spiro atoms. The smallest absolute Gasteiger partial charge is 0.276 e. The van der Waals surface area contributed by atoms with Crippen molar-refractivity contribution in [2.24, 2.45) is 5.73 Å². The highest BCUT2D eigenvalue weighted by molar-refractivity contribution is 5.93. The van der Waals surface area contributed by atoms with E-state index in [9.17, 15) is 14.9 Å². The first-order valence-corrected chi connectivity index (χ1v) is 9.21. The number of amides is 1. The van der Waals surface area contributed by atoms with Gasteiger partial charge in [0.2, 0.25) is 0 Å². The zero-order valence-corrected chi connectivity index (χ0v) is 17.3. The van der Waals surface area contributed by atoms with Crippen molar-refractivity contribution in [1.82, 2.24) is 19.9 Å². The molecule has 0 radical (unpaired) electrons. The van der Waals surface area contributed by atoms with E-state index in [2.05, 4.69) is 10.3 Å². The molecule has 0 unspecified atom stereocenters. The van der Waals surface area contributed by atoms with Crippen molar-refractivity contribution in [3.05, 3.63) is 81.7 Å². The second-order valence-electron chi connectivity index (χ2n) is 6.57. The van der Waals surface area contributed by atoms with Gasteiger partial charge in [-0.05, 0) is 31.5 Å². The van der Waals surface area contributed by atoms with Gasteiger partial charge in [0.25, 0.3) is 11.6 Å². The number of hydrogen-bond donors (Lipinski definition) is 1. The zero-order valence-electron chi connectivity index (χ0n) is 16.5. The summed E-state index contributed by atoms with van der Waals surface area (Å²) in [5.41, 5.74) is 7.78. The normalized spacial score (nSPS) is 10.3. The third-order valence-electron chi connectivity index (χ3n) is 4.52. The monoisotopic (exact) mass is 430 g/mol.